The normalized spacial score (nSPS) is 16.3. The van der Waals surface area contributed by atoms with E-state index in [4.69, 9.17) is 5.73 Å². The second-order valence-electron chi connectivity index (χ2n) is 11.9. The third kappa shape index (κ3) is 10.5. The highest BCUT2D eigenvalue weighted by Gasteiger charge is 2.27. The zero-order valence-electron chi connectivity index (χ0n) is 22.3. The van der Waals surface area contributed by atoms with Crippen LogP contribution in [0.25, 0.3) is 0 Å². The van der Waals surface area contributed by atoms with Crippen molar-refractivity contribution in [3.8, 4) is 0 Å². The SMILES string of the molecule is CC(C)CCN(CC(C)(C)NC(=O)[C@@H](N)CC(C)C)c1ccc(CCC2CCCCC2)cc1. The molecule has 0 unspecified atom stereocenters. The Labute approximate surface area is 204 Å². The van der Waals surface area contributed by atoms with Crippen LogP contribution in [0.3, 0.4) is 0 Å². The molecule has 1 aliphatic rings. The van der Waals surface area contributed by atoms with Gasteiger partial charge < -0.3 is 16.0 Å². The lowest BCUT2D eigenvalue weighted by Gasteiger charge is -2.36. The molecule has 0 aliphatic heterocycles. The Bertz CT molecular complexity index is 689. The molecule has 1 amide bonds. The fourth-order valence-corrected chi connectivity index (χ4v) is 4.99. The van der Waals surface area contributed by atoms with Crippen molar-refractivity contribution in [3.05, 3.63) is 29.8 Å². The molecule has 3 N–H and O–H groups in total. The van der Waals surface area contributed by atoms with Gasteiger partial charge in [0.15, 0.2) is 0 Å². The van der Waals surface area contributed by atoms with Crippen LogP contribution in [-0.2, 0) is 11.2 Å². The lowest BCUT2D eigenvalue weighted by molar-refractivity contribution is -0.124. The molecule has 0 heterocycles. The van der Waals surface area contributed by atoms with E-state index in [9.17, 15) is 4.79 Å². The molecule has 0 aromatic heterocycles. The Morgan fingerprint density at radius 2 is 1.70 bits per heavy atom. The summed E-state index contributed by atoms with van der Waals surface area (Å²) in [4.78, 5) is 15.1. The molecular weight excluding hydrogens is 406 g/mol. The summed E-state index contributed by atoms with van der Waals surface area (Å²) in [6.45, 7) is 14.7. The number of nitrogens with two attached hydrogens (primary N) is 1. The lowest BCUT2D eigenvalue weighted by atomic mass is 9.85. The van der Waals surface area contributed by atoms with Crippen molar-refractivity contribution < 1.29 is 4.79 Å². The lowest BCUT2D eigenvalue weighted by Crippen LogP contribution is -2.56. The number of aryl methyl sites for hydroxylation is 1. The number of anilines is 1. The predicted molar refractivity (Wildman–Crippen MR) is 143 cm³/mol. The monoisotopic (exact) mass is 457 g/mol. The van der Waals surface area contributed by atoms with E-state index < -0.39 is 6.04 Å². The minimum absolute atomic E-state index is 0.0458. The Kier molecular flexibility index (Phi) is 11.2. The molecule has 1 aromatic rings. The van der Waals surface area contributed by atoms with Gasteiger partial charge in [0.2, 0.25) is 5.91 Å². The average molecular weight is 458 g/mol. The predicted octanol–water partition coefficient (Wildman–Crippen LogP) is 6.32. The molecule has 4 nitrogen and oxygen atoms in total. The molecule has 0 radical (unpaired) electrons. The maximum absolute atomic E-state index is 12.7. The van der Waals surface area contributed by atoms with Gasteiger partial charge in [-0.15, -0.1) is 0 Å². The van der Waals surface area contributed by atoms with Gasteiger partial charge in [0, 0.05) is 18.8 Å². The van der Waals surface area contributed by atoms with Crippen LogP contribution in [0, 0.1) is 17.8 Å². The topological polar surface area (TPSA) is 58.4 Å². The zero-order valence-corrected chi connectivity index (χ0v) is 22.3. The van der Waals surface area contributed by atoms with E-state index >= 15 is 0 Å². The quantitative estimate of drug-likeness (QED) is 0.364. The van der Waals surface area contributed by atoms with E-state index in [-0.39, 0.29) is 11.4 Å². The number of carbonyl (C=O) groups is 1. The molecule has 1 atom stereocenters. The Balaban J connectivity index is 2.01. The number of hydrogen-bond acceptors (Lipinski definition) is 3. The van der Waals surface area contributed by atoms with E-state index in [1.165, 1.54) is 56.2 Å². The third-order valence-corrected chi connectivity index (χ3v) is 6.95. The summed E-state index contributed by atoms with van der Waals surface area (Å²) in [6, 6.07) is 8.73. The molecular formula is C29H51N3O. The summed E-state index contributed by atoms with van der Waals surface area (Å²) in [6.07, 6.45) is 11.5. The first kappa shape index (κ1) is 27.7. The third-order valence-electron chi connectivity index (χ3n) is 6.95. The Hall–Kier alpha value is -1.55. The van der Waals surface area contributed by atoms with Gasteiger partial charge in [0.1, 0.15) is 0 Å². The fourth-order valence-electron chi connectivity index (χ4n) is 4.99. The first-order valence-electron chi connectivity index (χ1n) is 13.5. The van der Waals surface area contributed by atoms with Gasteiger partial charge in [-0.05, 0) is 75.0 Å². The Morgan fingerprint density at radius 1 is 1.06 bits per heavy atom. The van der Waals surface area contributed by atoms with Gasteiger partial charge >= 0.3 is 0 Å². The maximum Gasteiger partial charge on any atom is 0.237 e. The van der Waals surface area contributed by atoms with E-state index in [1.807, 2.05) is 0 Å². The van der Waals surface area contributed by atoms with Gasteiger partial charge in [-0.1, -0.05) is 71.9 Å². The minimum atomic E-state index is -0.447. The van der Waals surface area contributed by atoms with E-state index in [0.29, 0.717) is 18.3 Å². The second kappa shape index (κ2) is 13.4. The van der Waals surface area contributed by atoms with E-state index in [0.717, 1.165) is 25.4 Å². The molecule has 1 aliphatic carbocycles. The highest BCUT2D eigenvalue weighted by Crippen LogP contribution is 2.28. The molecule has 188 valence electrons. The number of amides is 1. The standard InChI is InChI=1S/C29H51N3O/c1-22(2)18-19-32(21-29(5,6)31-28(33)27(30)20-23(3)4)26-16-14-25(15-17-26)13-12-24-10-8-7-9-11-24/h14-17,22-24,27H,7-13,18-21,30H2,1-6H3,(H,31,33)/t27-/m0/s1. The van der Waals surface area contributed by atoms with Crippen LogP contribution in [0.5, 0.6) is 0 Å². The summed E-state index contributed by atoms with van der Waals surface area (Å²) in [7, 11) is 0. The van der Waals surface area contributed by atoms with Crippen LogP contribution < -0.4 is 16.0 Å². The van der Waals surface area contributed by atoms with E-state index in [2.05, 4.69) is 76.0 Å². The summed E-state index contributed by atoms with van der Waals surface area (Å²) < 4.78 is 0. The van der Waals surface area contributed by atoms with Gasteiger partial charge in [-0.2, -0.15) is 0 Å². The van der Waals surface area contributed by atoms with Crippen molar-refractivity contribution in [2.75, 3.05) is 18.0 Å². The summed E-state index contributed by atoms with van der Waals surface area (Å²) in [5, 5.41) is 3.21. The molecule has 33 heavy (non-hydrogen) atoms. The largest absolute Gasteiger partial charge is 0.369 e. The van der Waals surface area contributed by atoms with Crippen LogP contribution in [0.15, 0.2) is 24.3 Å². The minimum Gasteiger partial charge on any atom is -0.369 e. The molecule has 4 heteroatoms. The molecule has 0 spiro atoms. The molecule has 0 bridgehead atoms. The van der Waals surface area contributed by atoms with Crippen LogP contribution in [-0.4, -0.2) is 30.6 Å². The van der Waals surface area contributed by atoms with Crippen molar-refractivity contribution in [3.63, 3.8) is 0 Å². The molecule has 2 rings (SSSR count). The first-order chi connectivity index (χ1) is 15.6. The second-order valence-corrected chi connectivity index (χ2v) is 11.9. The van der Waals surface area contributed by atoms with Crippen molar-refractivity contribution in [1.82, 2.24) is 5.32 Å². The van der Waals surface area contributed by atoms with Gasteiger partial charge in [-0.25, -0.2) is 0 Å². The molecule has 1 fully saturated rings. The first-order valence-corrected chi connectivity index (χ1v) is 13.5. The molecule has 0 saturated heterocycles. The van der Waals surface area contributed by atoms with Crippen LogP contribution in [0.2, 0.25) is 0 Å². The molecule has 1 saturated carbocycles. The highest BCUT2D eigenvalue weighted by molar-refractivity contribution is 5.82. The number of carbonyl (C=O) groups excluding carboxylic acids is 1. The highest BCUT2D eigenvalue weighted by atomic mass is 16.2. The molecule has 1 aromatic carbocycles. The van der Waals surface area contributed by atoms with E-state index in [1.54, 1.807) is 0 Å². The maximum atomic E-state index is 12.7. The number of nitrogens with one attached hydrogen (secondary N) is 1. The van der Waals surface area contributed by atoms with Crippen LogP contribution >= 0.6 is 0 Å². The van der Waals surface area contributed by atoms with Gasteiger partial charge in [0.05, 0.1) is 11.6 Å². The van der Waals surface area contributed by atoms with Gasteiger partial charge in [0.25, 0.3) is 0 Å². The number of rotatable bonds is 13. The van der Waals surface area contributed by atoms with Crippen LogP contribution in [0.1, 0.15) is 98.5 Å². The average Bonchev–Trinajstić information content (AvgIpc) is 2.75. The smallest absolute Gasteiger partial charge is 0.237 e. The van der Waals surface area contributed by atoms with Crippen molar-refractivity contribution in [2.24, 2.45) is 23.5 Å². The van der Waals surface area contributed by atoms with Crippen LogP contribution in [0.4, 0.5) is 5.69 Å². The fraction of sp³-hybridized carbons (Fsp3) is 0.759. The summed E-state index contributed by atoms with van der Waals surface area (Å²) >= 11 is 0. The van der Waals surface area contributed by atoms with Gasteiger partial charge in [-0.3, -0.25) is 4.79 Å². The van der Waals surface area contributed by atoms with Crippen molar-refractivity contribution >= 4 is 11.6 Å². The number of nitrogens with zero attached hydrogens (tertiary/aromatic N) is 1. The van der Waals surface area contributed by atoms with Crippen molar-refractivity contribution in [1.29, 1.82) is 0 Å². The zero-order chi connectivity index (χ0) is 24.4. The van der Waals surface area contributed by atoms with Crippen molar-refractivity contribution in [2.45, 2.75) is 111 Å². The summed E-state index contributed by atoms with van der Waals surface area (Å²) in [5.74, 6) is 1.93. The number of hydrogen-bond donors (Lipinski definition) is 2. The summed E-state index contributed by atoms with van der Waals surface area (Å²) in [5.41, 5.74) is 8.47. The number of benzene rings is 1. The Morgan fingerprint density at radius 3 is 2.27 bits per heavy atom.